The maximum atomic E-state index is 12.3. The van der Waals surface area contributed by atoms with E-state index in [4.69, 9.17) is 4.42 Å². The fraction of sp³-hybridized carbons (Fsp3) is 0.0500. The van der Waals surface area contributed by atoms with E-state index in [9.17, 15) is 4.79 Å². The highest BCUT2D eigenvalue weighted by atomic mass is 32.2. The molecule has 0 amide bonds. The third-order valence-corrected chi connectivity index (χ3v) is 4.76. The molecular formula is C20H15N2O2S+. The predicted molar refractivity (Wildman–Crippen MR) is 97.1 cm³/mol. The van der Waals surface area contributed by atoms with Crippen molar-refractivity contribution in [2.24, 2.45) is 0 Å². The zero-order valence-electron chi connectivity index (χ0n) is 13.5. The highest BCUT2D eigenvalue weighted by Crippen LogP contribution is 2.30. The topological polar surface area (TPSA) is 47.0 Å². The first-order valence-corrected chi connectivity index (χ1v) is 8.68. The van der Waals surface area contributed by atoms with Gasteiger partial charge in [0.25, 0.3) is 0 Å². The number of hydrogen-bond donors (Lipinski definition) is 0. The van der Waals surface area contributed by atoms with Crippen LogP contribution in [0.1, 0.15) is 5.56 Å². The van der Waals surface area contributed by atoms with Crippen LogP contribution in [-0.2, 0) is 0 Å². The third-order valence-electron chi connectivity index (χ3n) is 3.78. The molecule has 0 spiro atoms. The van der Waals surface area contributed by atoms with Crippen molar-refractivity contribution in [1.29, 1.82) is 0 Å². The molecule has 0 saturated heterocycles. The van der Waals surface area contributed by atoms with E-state index in [1.165, 1.54) is 4.68 Å². The largest absolute Gasteiger partial charge is 0.634 e. The van der Waals surface area contributed by atoms with Gasteiger partial charge in [-0.1, -0.05) is 48.2 Å². The van der Waals surface area contributed by atoms with Gasteiger partial charge < -0.3 is 4.42 Å². The second-order valence-electron chi connectivity index (χ2n) is 5.62. The Morgan fingerprint density at radius 3 is 2.32 bits per heavy atom. The number of aryl methyl sites for hydroxylation is 1. The predicted octanol–water partition coefficient (Wildman–Crippen LogP) is 3.92. The van der Waals surface area contributed by atoms with Gasteiger partial charge in [0.2, 0.25) is 5.69 Å². The Morgan fingerprint density at radius 1 is 0.920 bits per heavy atom. The van der Waals surface area contributed by atoms with Crippen molar-refractivity contribution in [3.8, 4) is 5.69 Å². The third kappa shape index (κ3) is 3.19. The highest BCUT2D eigenvalue weighted by Gasteiger charge is 2.19. The van der Waals surface area contributed by atoms with Crippen molar-refractivity contribution in [1.82, 2.24) is 5.10 Å². The normalized spacial score (nSPS) is 10.9. The van der Waals surface area contributed by atoms with Crippen molar-refractivity contribution < 1.29 is 9.10 Å². The summed E-state index contributed by atoms with van der Waals surface area (Å²) in [6, 6.07) is 23.4. The quantitative estimate of drug-likeness (QED) is 0.527. The summed E-state index contributed by atoms with van der Waals surface area (Å²) in [6.45, 7) is 1.93. The number of para-hydroxylation sites is 1. The fourth-order valence-electron chi connectivity index (χ4n) is 2.62. The van der Waals surface area contributed by atoms with Crippen LogP contribution >= 0.6 is 11.8 Å². The van der Waals surface area contributed by atoms with Crippen molar-refractivity contribution in [2.75, 3.05) is 0 Å². The van der Waals surface area contributed by atoms with Crippen LogP contribution in [0, 0.1) is 6.92 Å². The lowest BCUT2D eigenvalue weighted by Gasteiger charge is -2.04. The SMILES string of the molecule is Cc1cc(Sc2ccccc2)cc2n[n+](-c3ccccc3)c(=O)oc12. The zero-order valence-corrected chi connectivity index (χ0v) is 14.4. The molecule has 3 aromatic carbocycles. The Kier molecular flexibility index (Phi) is 4.07. The van der Waals surface area contributed by atoms with Gasteiger partial charge in [0.1, 0.15) is 0 Å². The second-order valence-corrected chi connectivity index (χ2v) is 6.77. The van der Waals surface area contributed by atoms with Gasteiger partial charge in [0.15, 0.2) is 11.1 Å². The first kappa shape index (κ1) is 15.6. The fourth-order valence-corrected chi connectivity index (χ4v) is 3.60. The summed E-state index contributed by atoms with van der Waals surface area (Å²) in [7, 11) is 0. The number of fused-ring (bicyclic) bond motifs is 1. The molecule has 1 aromatic heterocycles. The summed E-state index contributed by atoms with van der Waals surface area (Å²) >= 11 is 1.65. The second kappa shape index (κ2) is 6.53. The van der Waals surface area contributed by atoms with E-state index in [1.807, 2.05) is 67.6 Å². The van der Waals surface area contributed by atoms with Gasteiger partial charge in [0, 0.05) is 31.7 Å². The Morgan fingerprint density at radius 2 is 1.60 bits per heavy atom. The van der Waals surface area contributed by atoms with Crippen LogP contribution in [0.4, 0.5) is 0 Å². The van der Waals surface area contributed by atoms with Gasteiger partial charge in [0.05, 0.1) is 0 Å². The Balaban J connectivity index is 1.84. The maximum absolute atomic E-state index is 12.3. The minimum absolute atomic E-state index is 0.495. The number of benzene rings is 3. The zero-order chi connectivity index (χ0) is 17.2. The van der Waals surface area contributed by atoms with Gasteiger partial charge in [-0.05, 0) is 36.8 Å². The van der Waals surface area contributed by atoms with E-state index < -0.39 is 5.76 Å². The van der Waals surface area contributed by atoms with Crippen molar-refractivity contribution in [3.05, 3.63) is 88.9 Å². The summed E-state index contributed by atoms with van der Waals surface area (Å²) in [5.74, 6) is -0.495. The van der Waals surface area contributed by atoms with E-state index in [0.717, 1.165) is 15.4 Å². The molecule has 4 nitrogen and oxygen atoms in total. The monoisotopic (exact) mass is 347 g/mol. The molecule has 0 atom stereocenters. The van der Waals surface area contributed by atoms with Crippen molar-refractivity contribution in [2.45, 2.75) is 16.7 Å². The van der Waals surface area contributed by atoms with E-state index in [-0.39, 0.29) is 0 Å². The molecule has 0 fully saturated rings. The van der Waals surface area contributed by atoms with E-state index >= 15 is 0 Å². The van der Waals surface area contributed by atoms with E-state index in [2.05, 4.69) is 17.2 Å². The Labute approximate surface area is 148 Å². The van der Waals surface area contributed by atoms with Crippen LogP contribution in [-0.4, -0.2) is 5.10 Å². The average molecular weight is 347 g/mol. The number of hydrogen-bond acceptors (Lipinski definition) is 4. The molecule has 4 rings (SSSR count). The van der Waals surface area contributed by atoms with Gasteiger partial charge in [-0.2, -0.15) is 4.79 Å². The first-order valence-electron chi connectivity index (χ1n) is 7.87. The number of aromatic nitrogens is 2. The molecule has 122 valence electrons. The van der Waals surface area contributed by atoms with Crippen LogP contribution in [0.2, 0.25) is 0 Å². The summed E-state index contributed by atoms with van der Waals surface area (Å²) in [6.07, 6.45) is 0. The molecule has 0 aliphatic heterocycles. The van der Waals surface area contributed by atoms with Crippen molar-refractivity contribution >= 4 is 22.9 Å². The molecule has 0 N–H and O–H groups in total. The lowest BCUT2D eigenvalue weighted by atomic mass is 10.2. The van der Waals surface area contributed by atoms with Crippen LogP contribution < -0.4 is 10.4 Å². The van der Waals surface area contributed by atoms with Crippen LogP contribution in [0.3, 0.4) is 0 Å². The summed E-state index contributed by atoms with van der Waals surface area (Å²) in [5.41, 5.74) is 2.74. The van der Waals surface area contributed by atoms with Gasteiger partial charge in [-0.25, -0.2) is 0 Å². The van der Waals surface area contributed by atoms with Crippen LogP contribution in [0.15, 0.2) is 91.8 Å². The first-order chi connectivity index (χ1) is 12.2. The molecule has 0 saturated carbocycles. The number of nitrogens with zero attached hydrogens (tertiary/aromatic N) is 2. The Hall–Kier alpha value is -2.92. The summed E-state index contributed by atoms with van der Waals surface area (Å²) in [5, 5.41) is 4.51. The molecule has 1 heterocycles. The summed E-state index contributed by atoms with van der Waals surface area (Å²) < 4.78 is 6.81. The van der Waals surface area contributed by atoms with Gasteiger partial charge in [-0.15, -0.1) is 0 Å². The minimum Gasteiger partial charge on any atom is -0.368 e. The molecule has 25 heavy (non-hydrogen) atoms. The molecular weight excluding hydrogens is 332 g/mol. The van der Waals surface area contributed by atoms with E-state index in [0.29, 0.717) is 16.8 Å². The Bertz CT molecular complexity index is 1090. The van der Waals surface area contributed by atoms with Gasteiger partial charge >= 0.3 is 5.76 Å². The van der Waals surface area contributed by atoms with Crippen LogP contribution in [0.25, 0.3) is 16.8 Å². The van der Waals surface area contributed by atoms with E-state index in [1.54, 1.807) is 11.8 Å². The summed E-state index contributed by atoms with van der Waals surface area (Å²) in [4.78, 5) is 14.5. The molecule has 0 bridgehead atoms. The lowest BCUT2D eigenvalue weighted by molar-refractivity contribution is -0.683. The number of rotatable bonds is 3. The van der Waals surface area contributed by atoms with Crippen LogP contribution in [0.5, 0.6) is 0 Å². The molecule has 4 aromatic rings. The highest BCUT2D eigenvalue weighted by molar-refractivity contribution is 7.99. The lowest BCUT2D eigenvalue weighted by Crippen LogP contribution is -2.50. The van der Waals surface area contributed by atoms with Crippen molar-refractivity contribution in [3.63, 3.8) is 0 Å². The standard InChI is InChI=1S/C20H15N2O2S/c1-14-12-17(25-16-10-6-3-7-11-16)13-18-19(14)24-20(23)22(21-18)15-8-4-2-5-9-15/h2-13H,1H3/q+1. The average Bonchev–Trinajstić information content (AvgIpc) is 2.64. The smallest absolute Gasteiger partial charge is 0.368 e. The maximum Gasteiger partial charge on any atom is 0.634 e. The van der Waals surface area contributed by atoms with Gasteiger partial charge in [-0.3, -0.25) is 0 Å². The molecule has 0 radical (unpaired) electrons. The molecule has 0 aliphatic rings. The molecule has 0 aliphatic carbocycles. The molecule has 0 unspecified atom stereocenters. The molecule has 5 heteroatoms. The minimum atomic E-state index is -0.495.